The lowest BCUT2D eigenvalue weighted by Crippen LogP contribution is -2.42. The van der Waals surface area contributed by atoms with Crippen molar-refractivity contribution in [2.75, 3.05) is 27.9 Å². The lowest BCUT2D eigenvalue weighted by molar-refractivity contribution is 0.0651. The molecule has 0 bridgehead atoms. The van der Waals surface area contributed by atoms with Crippen molar-refractivity contribution in [1.82, 2.24) is 4.90 Å². The summed E-state index contributed by atoms with van der Waals surface area (Å²) in [6, 6.07) is 7.85. The van der Waals surface area contributed by atoms with E-state index in [0.29, 0.717) is 17.7 Å². The van der Waals surface area contributed by atoms with E-state index in [4.69, 9.17) is 13.3 Å². The van der Waals surface area contributed by atoms with Crippen LogP contribution < -0.4 is 0 Å². The average molecular weight is 380 g/mol. The van der Waals surface area contributed by atoms with Crippen LogP contribution in [0.3, 0.4) is 0 Å². The molecule has 0 fully saturated rings. The van der Waals surface area contributed by atoms with Crippen LogP contribution in [0.25, 0.3) is 0 Å². The van der Waals surface area contributed by atoms with E-state index in [1.165, 1.54) is 4.90 Å². The molecule has 0 saturated heterocycles. The highest BCUT2D eigenvalue weighted by atomic mass is 28.4. The summed E-state index contributed by atoms with van der Waals surface area (Å²) in [5.74, 6) is -0.323. The van der Waals surface area contributed by atoms with Crippen LogP contribution in [0.4, 0.5) is 0 Å². The topological polar surface area (TPSA) is 65.1 Å². The zero-order valence-electron chi connectivity index (χ0n) is 16.0. The highest BCUT2D eigenvalue weighted by Gasteiger charge is 2.36. The third-order valence-corrected chi connectivity index (χ3v) is 7.76. The van der Waals surface area contributed by atoms with Crippen molar-refractivity contribution in [2.45, 2.75) is 44.6 Å². The van der Waals surface area contributed by atoms with E-state index < -0.39 is 8.80 Å². The number of hydrogen-bond donors (Lipinski definition) is 0. The van der Waals surface area contributed by atoms with Crippen LogP contribution in [0.1, 0.15) is 59.2 Å². The highest BCUT2D eigenvalue weighted by molar-refractivity contribution is 6.60. The van der Waals surface area contributed by atoms with Gasteiger partial charge in [0, 0.05) is 33.9 Å². The first-order valence-electron chi connectivity index (χ1n) is 9.19. The molecule has 26 heavy (non-hydrogen) atoms. The van der Waals surface area contributed by atoms with Crippen molar-refractivity contribution in [2.24, 2.45) is 0 Å². The van der Waals surface area contributed by atoms with Crippen LogP contribution in [-0.2, 0) is 13.3 Å². The molecule has 0 saturated carbocycles. The molecule has 2 rings (SSSR count). The van der Waals surface area contributed by atoms with Gasteiger partial charge in [-0.05, 0) is 25.0 Å². The maximum atomic E-state index is 12.3. The van der Waals surface area contributed by atoms with Crippen molar-refractivity contribution in [1.29, 1.82) is 0 Å². The van der Waals surface area contributed by atoms with Crippen molar-refractivity contribution < 1.29 is 22.9 Å². The summed E-state index contributed by atoms with van der Waals surface area (Å²) >= 11 is 0. The minimum atomic E-state index is -2.44. The maximum Gasteiger partial charge on any atom is 0.500 e. The molecule has 0 N–H and O–H groups in total. The third-order valence-electron chi connectivity index (χ3n) is 4.93. The van der Waals surface area contributed by atoms with Crippen molar-refractivity contribution in [3.8, 4) is 0 Å². The zero-order chi connectivity index (χ0) is 19.0. The molecule has 0 aromatic heterocycles. The van der Waals surface area contributed by atoms with Gasteiger partial charge in [-0.25, -0.2) is 0 Å². The first kappa shape index (κ1) is 20.8. The number of rotatable bonds is 12. The summed E-state index contributed by atoms with van der Waals surface area (Å²) in [7, 11) is 2.47. The number of fused-ring (bicyclic) bond motifs is 1. The van der Waals surface area contributed by atoms with Crippen LogP contribution in [0.2, 0.25) is 6.04 Å². The zero-order valence-corrected chi connectivity index (χ0v) is 17.0. The van der Waals surface area contributed by atoms with Gasteiger partial charge >= 0.3 is 8.80 Å². The summed E-state index contributed by atoms with van der Waals surface area (Å²) in [4.78, 5) is 25.9. The Morgan fingerprint density at radius 1 is 0.769 bits per heavy atom. The molecule has 1 heterocycles. The quantitative estimate of drug-likeness (QED) is 0.316. The van der Waals surface area contributed by atoms with Crippen molar-refractivity contribution in [3.05, 3.63) is 35.4 Å². The van der Waals surface area contributed by atoms with E-state index in [1.54, 1.807) is 45.6 Å². The summed E-state index contributed by atoms with van der Waals surface area (Å²) in [6.45, 7) is 0.499. The molecule has 0 spiro atoms. The number of imide groups is 1. The van der Waals surface area contributed by atoms with Gasteiger partial charge in [0.25, 0.3) is 11.8 Å². The fourth-order valence-electron chi connectivity index (χ4n) is 3.32. The Kier molecular flexibility index (Phi) is 7.96. The Balaban J connectivity index is 1.61. The Morgan fingerprint density at radius 3 is 1.73 bits per heavy atom. The summed E-state index contributed by atoms with van der Waals surface area (Å²) < 4.78 is 16.2. The molecule has 1 aliphatic heterocycles. The standard InChI is InChI=1S/C19H29NO5Si/c1-23-26(24-2,25-3)15-11-7-5-4-6-10-14-20-18(21)16-12-8-9-13-17(16)19(20)22/h8-9,12-13H,4-7,10-11,14-15H2,1-3H3. The lowest BCUT2D eigenvalue weighted by atomic mass is 10.1. The van der Waals surface area contributed by atoms with E-state index >= 15 is 0 Å². The maximum absolute atomic E-state index is 12.3. The number of nitrogens with zero attached hydrogens (tertiary/aromatic N) is 1. The SMILES string of the molecule is CO[Si](CCCCCCCCN1C(=O)c2ccccc2C1=O)(OC)OC. The molecule has 0 atom stereocenters. The molecule has 1 aliphatic rings. The Labute approximate surface area is 156 Å². The number of carbonyl (C=O) groups is 2. The van der Waals surface area contributed by atoms with Crippen molar-refractivity contribution in [3.63, 3.8) is 0 Å². The van der Waals surface area contributed by atoms with Gasteiger partial charge < -0.3 is 13.3 Å². The van der Waals surface area contributed by atoms with Crippen molar-refractivity contribution >= 4 is 20.6 Å². The predicted octanol–water partition coefficient (Wildman–Crippen LogP) is 3.50. The second-order valence-electron chi connectivity index (χ2n) is 6.47. The third kappa shape index (κ3) is 4.79. The van der Waals surface area contributed by atoms with Gasteiger partial charge in [0.05, 0.1) is 11.1 Å². The Bertz CT molecular complexity index is 574. The smallest absolute Gasteiger partial charge is 0.377 e. The van der Waals surface area contributed by atoms with Gasteiger partial charge in [-0.15, -0.1) is 0 Å². The molecule has 1 aromatic carbocycles. The van der Waals surface area contributed by atoms with Crippen LogP contribution in [0, 0.1) is 0 Å². The fourth-order valence-corrected chi connectivity index (χ4v) is 5.11. The number of amides is 2. The molecule has 0 unspecified atom stereocenters. The number of carbonyl (C=O) groups excluding carboxylic acids is 2. The van der Waals surface area contributed by atoms with Crippen LogP contribution in [0.5, 0.6) is 0 Å². The summed E-state index contributed by atoms with van der Waals surface area (Å²) in [6.07, 6.45) is 6.17. The summed E-state index contributed by atoms with van der Waals surface area (Å²) in [5, 5.41) is 0. The minimum Gasteiger partial charge on any atom is -0.377 e. The van der Waals surface area contributed by atoms with Gasteiger partial charge in [0.2, 0.25) is 0 Å². The monoisotopic (exact) mass is 379 g/mol. The van der Waals surface area contributed by atoms with Crippen LogP contribution >= 0.6 is 0 Å². The molecule has 6 nitrogen and oxygen atoms in total. The molecule has 2 amide bonds. The first-order chi connectivity index (χ1) is 12.6. The highest BCUT2D eigenvalue weighted by Crippen LogP contribution is 2.23. The minimum absolute atomic E-state index is 0.161. The normalized spacial score (nSPS) is 14.2. The molecular weight excluding hydrogens is 350 g/mol. The molecule has 7 heteroatoms. The molecular formula is C19H29NO5Si. The van der Waals surface area contributed by atoms with Gasteiger partial charge in [0.15, 0.2) is 0 Å². The molecule has 1 aromatic rings. The van der Waals surface area contributed by atoms with E-state index in [9.17, 15) is 9.59 Å². The second kappa shape index (κ2) is 9.96. The van der Waals surface area contributed by atoms with E-state index in [2.05, 4.69) is 0 Å². The molecule has 0 aliphatic carbocycles. The Morgan fingerprint density at radius 2 is 1.23 bits per heavy atom. The second-order valence-corrected chi connectivity index (χ2v) is 9.57. The number of hydrogen-bond acceptors (Lipinski definition) is 5. The lowest BCUT2D eigenvalue weighted by Gasteiger charge is -2.24. The van der Waals surface area contributed by atoms with Gasteiger partial charge in [-0.2, -0.15) is 0 Å². The van der Waals surface area contributed by atoms with E-state index in [1.807, 2.05) is 0 Å². The van der Waals surface area contributed by atoms with Crippen LogP contribution in [-0.4, -0.2) is 53.4 Å². The largest absolute Gasteiger partial charge is 0.500 e. The fraction of sp³-hybridized carbons (Fsp3) is 0.579. The number of unbranched alkanes of at least 4 members (excludes halogenated alkanes) is 5. The van der Waals surface area contributed by atoms with Gasteiger partial charge in [-0.3, -0.25) is 14.5 Å². The van der Waals surface area contributed by atoms with Crippen LogP contribution in [0.15, 0.2) is 24.3 Å². The predicted molar refractivity (Wildman–Crippen MR) is 101 cm³/mol. The van der Waals surface area contributed by atoms with E-state index in [-0.39, 0.29) is 11.8 Å². The molecule has 0 radical (unpaired) electrons. The average Bonchev–Trinajstić information content (AvgIpc) is 2.92. The number of benzene rings is 1. The molecule has 144 valence electrons. The van der Waals surface area contributed by atoms with Gasteiger partial charge in [0.1, 0.15) is 0 Å². The van der Waals surface area contributed by atoms with Gasteiger partial charge in [-0.1, -0.05) is 37.8 Å². The Hall–Kier alpha value is -1.54. The summed E-state index contributed by atoms with van der Waals surface area (Å²) in [5.41, 5.74) is 1.05. The first-order valence-corrected chi connectivity index (χ1v) is 11.1. The van der Waals surface area contributed by atoms with E-state index in [0.717, 1.165) is 44.6 Å².